The maximum Gasteiger partial charge on any atom is 0.272 e. The van der Waals surface area contributed by atoms with Crippen LogP contribution in [0.1, 0.15) is 16.1 Å². The largest absolute Gasteiger partial charge is 0.352 e. The molecule has 3 aromatic heterocycles. The molecule has 1 saturated heterocycles. The van der Waals surface area contributed by atoms with Gasteiger partial charge in [0.2, 0.25) is 0 Å². The molecule has 0 bridgehead atoms. The second-order valence-corrected chi connectivity index (χ2v) is 6.87. The summed E-state index contributed by atoms with van der Waals surface area (Å²) in [6, 6.07) is 2.00. The number of fused-ring (bicyclic) bond motifs is 1. The van der Waals surface area contributed by atoms with Crippen LogP contribution < -0.4 is 10.6 Å². The molecule has 0 unspecified atom stereocenters. The third kappa shape index (κ3) is 2.75. The lowest BCUT2D eigenvalue weighted by Crippen LogP contribution is -2.49. The van der Waals surface area contributed by atoms with Gasteiger partial charge >= 0.3 is 0 Å². The number of aryl methyl sites for hydroxylation is 1. The van der Waals surface area contributed by atoms with E-state index in [1.54, 1.807) is 35.6 Å². The summed E-state index contributed by atoms with van der Waals surface area (Å²) in [5, 5.41) is 6.18. The van der Waals surface area contributed by atoms with Gasteiger partial charge in [-0.3, -0.25) is 9.48 Å². The second kappa shape index (κ2) is 6.41. The Morgan fingerprint density at radius 3 is 2.84 bits per heavy atom. The van der Waals surface area contributed by atoms with Gasteiger partial charge in [0, 0.05) is 45.3 Å². The van der Waals surface area contributed by atoms with E-state index >= 15 is 0 Å². The summed E-state index contributed by atoms with van der Waals surface area (Å²) in [6.45, 7) is 3.08. The molecule has 0 atom stereocenters. The first-order chi connectivity index (χ1) is 12.2. The van der Waals surface area contributed by atoms with E-state index in [1.807, 2.05) is 16.3 Å². The fourth-order valence-electron chi connectivity index (χ4n) is 3.18. The molecule has 1 fully saturated rings. The summed E-state index contributed by atoms with van der Waals surface area (Å²) in [5.41, 5.74) is 8.06. The molecular formula is C16H19N7OS. The van der Waals surface area contributed by atoms with Gasteiger partial charge < -0.3 is 15.5 Å². The van der Waals surface area contributed by atoms with Crippen molar-refractivity contribution in [3.63, 3.8) is 0 Å². The topological polar surface area (TPSA) is 93.2 Å². The number of thiophene rings is 1. The van der Waals surface area contributed by atoms with Crippen molar-refractivity contribution in [1.29, 1.82) is 0 Å². The Balaban J connectivity index is 1.51. The first-order valence-electron chi connectivity index (χ1n) is 8.12. The molecule has 9 heteroatoms. The molecule has 0 saturated carbocycles. The van der Waals surface area contributed by atoms with Crippen molar-refractivity contribution in [3.05, 3.63) is 35.2 Å². The first-order valence-corrected chi connectivity index (χ1v) is 9.00. The highest BCUT2D eigenvalue weighted by Gasteiger charge is 2.27. The van der Waals surface area contributed by atoms with Crippen LogP contribution in [-0.4, -0.2) is 56.7 Å². The monoisotopic (exact) mass is 357 g/mol. The van der Waals surface area contributed by atoms with E-state index in [0.29, 0.717) is 25.3 Å². The zero-order chi connectivity index (χ0) is 17.4. The predicted octanol–water partition coefficient (Wildman–Crippen LogP) is 0.846. The second-order valence-electron chi connectivity index (χ2n) is 5.96. The molecule has 25 heavy (non-hydrogen) atoms. The number of carbonyl (C=O) groups is 1. The third-order valence-corrected chi connectivity index (χ3v) is 5.43. The van der Waals surface area contributed by atoms with E-state index in [-0.39, 0.29) is 5.91 Å². The van der Waals surface area contributed by atoms with Gasteiger partial charge in [-0.15, -0.1) is 11.3 Å². The van der Waals surface area contributed by atoms with E-state index in [2.05, 4.69) is 20.0 Å². The van der Waals surface area contributed by atoms with E-state index in [0.717, 1.165) is 34.7 Å². The van der Waals surface area contributed by atoms with Crippen molar-refractivity contribution < 1.29 is 4.79 Å². The van der Waals surface area contributed by atoms with Crippen LogP contribution in [0.4, 0.5) is 5.82 Å². The van der Waals surface area contributed by atoms with Gasteiger partial charge in [0.05, 0.1) is 16.4 Å². The van der Waals surface area contributed by atoms with Crippen LogP contribution in [0.25, 0.3) is 10.2 Å². The van der Waals surface area contributed by atoms with Gasteiger partial charge in [-0.25, -0.2) is 9.97 Å². The summed E-state index contributed by atoms with van der Waals surface area (Å²) in [6.07, 6.45) is 3.27. The normalized spacial score (nSPS) is 15.1. The van der Waals surface area contributed by atoms with E-state index in [1.165, 1.54) is 0 Å². The standard InChI is InChI=1S/C16H19N7OS/c1-21-13(11(8-17)9-20-21)16(24)23-5-3-22(4-6-23)15-14-12(2-7-25-14)18-10-19-15/h2,7,9-10H,3-6,8,17H2,1H3. The number of carbonyl (C=O) groups excluding carboxylic acids is 1. The highest BCUT2D eigenvalue weighted by molar-refractivity contribution is 7.17. The lowest BCUT2D eigenvalue weighted by atomic mass is 10.2. The predicted molar refractivity (Wildman–Crippen MR) is 96.6 cm³/mol. The Labute approximate surface area is 148 Å². The molecule has 4 rings (SSSR count). The number of hydrogen-bond acceptors (Lipinski definition) is 7. The van der Waals surface area contributed by atoms with Crippen LogP contribution in [0.5, 0.6) is 0 Å². The molecule has 4 heterocycles. The minimum absolute atomic E-state index is 0.0101. The van der Waals surface area contributed by atoms with E-state index in [9.17, 15) is 4.79 Å². The Kier molecular flexibility index (Phi) is 4.10. The number of rotatable bonds is 3. The molecule has 3 aromatic rings. The van der Waals surface area contributed by atoms with Crippen LogP contribution in [0.3, 0.4) is 0 Å². The SMILES string of the molecule is Cn1ncc(CN)c1C(=O)N1CCN(c2ncnc3ccsc23)CC1. The Hall–Kier alpha value is -2.52. The van der Waals surface area contributed by atoms with E-state index < -0.39 is 0 Å². The van der Waals surface area contributed by atoms with Crippen LogP contribution >= 0.6 is 11.3 Å². The molecule has 0 radical (unpaired) electrons. The smallest absolute Gasteiger partial charge is 0.272 e. The lowest BCUT2D eigenvalue weighted by Gasteiger charge is -2.35. The molecule has 2 N–H and O–H groups in total. The molecule has 0 aromatic carbocycles. The fraction of sp³-hybridized carbons (Fsp3) is 0.375. The van der Waals surface area contributed by atoms with Gasteiger partial charge in [0.1, 0.15) is 17.8 Å². The Morgan fingerprint density at radius 2 is 2.08 bits per heavy atom. The van der Waals surface area contributed by atoms with Crippen molar-refractivity contribution in [2.24, 2.45) is 12.8 Å². The van der Waals surface area contributed by atoms with Gasteiger partial charge in [-0.2, -0.15) is 5.10 Å². The van der Waals surface area contributed by atoms with Gasteiger partial charge in [-0.05, 0) is 11.4 Å². The molecule has 1 aliphatic heterocycles. The van der Waals surface area contributed by atoms with Crippen LogP contribution in [0, 0.1) is 0 Å². The van der Waals surface area contributed by atoms with Crippen molar-refractivity contribution in [2.75, 3.05) is 31.1 Å². The number of aromatic nitrogens is 4. The highest BCUT2D eigenvalue weighted by Crippen LogP contribution is 2.28. The van der Waals surface area contributed by atoms with Gasteiger partial charge in [-0.1, -0.05) is 0 Å². The summed E-state index contributed by atoms with van der Waals surface area (Å²) in [5.74, 6) is 0.944. The number of nitrogens with two attached hydrogens (primary N) is 1. The molecule has 0 aliphatic carbocycles. The van der Waals surface area contributed by atoms with Gasteiger partial charge in [0.15, 0.2) is 0 Å². The summed E-state index contributed by atoms with van der Waals surface area (Å²) in [4.78, 5) is 25.7. The zero-order valence-corrected chi connectivity index (χ0v) is 14.7. The molecule has 1 amide bonds. The molecule has 1 aliphatic rings. The third-order valence-electron chi connectivity index (χ3n) is 4.53. The van der Waals surface area contributed by atoms with Crippen molar-refractivity contribution in [3.8, 4) is 0 Å². The van der Waals surface area contributed by atoms with Crippen LogP contribution in [-0.2, 0) is 13.6 Å². The summed E-state index contributed by atoms with van der Waals surface area (Å²) < 4.78 is 2.70. The number of nitrogens with zero attached hydrogens (tertiary/aromatic N) is 6. The van der Waals surface area contributed by atoms with Crippen molar-refractivity contribution >= 4 is 33.3 Å². The average molecular weight is 357 g/mol. The summed E-state index contributed by atoms with van der Waals surface area (Å²) in [7, 11) is 1.77. The maximum atomic E-state index is 12.8. The Bertz CT molecular complexity index is 910. The maximum absolute atomic E-state index is 12.8. The number of anilines is 1. The Morgan fingerprint density at radius 1 is 1.28 bits per heavy atom. The first kappa shape index (κ1) is 16.0. The van der Waals surface area contributed by atoms with E-state index in [4.69, 9.17) is 5.73 Å². The number of amides is 1. The van der Waals surface area contributed by atoms with Crippen molar-refractivity contribution in [2.45, 2.75) is 6.54 Å². The molecule has 0 spiro atoms. The zero-order valence-electron chi connectivity index (χ0n) is 13.9. The lowest BCUT2D eigenvalue weighted by molar-refractivity contribution is 0.0734. The van der Waals surface area contributed by atoms with Crippen molar-refractivity contribution in [1.82, 2.24) is 24.6 Å². The fourth-order valence-corrected chi connectivity index (χ4v) is 4.04. The van der Waals surface area contributed by atoms with Crippen LogP contribution in [0.2, 0.25) is 0 Å². The minimum Gasteiger partial charge on any atom is -0.352 e. The van der Waals surface area contributed by atoms with Crippen LogP contribution in [0.15, 0.2) is 24.0 Å². The van der Waals surface area contributed by atoms with Gasteiger partial charge in [0.25, 0.3) is 5.91 Å². The quantitative estimate of drug-likeness (QED) is 0.747. The molecule has 130 valence electrons. The highest BCUT2D eigenvalue weighted by atomic mass is 32.1. The number of hydrogen-bond donors (Lipinski definition) is 1. The molecule has 8 nitrogen and oxygen atoms in total. The molecular weight excluding hydrogens is 338 g/mol. The number of piperazine rings is 1. The minimum atomic E-state index is -0.0101. The average Bonchev–Trinajstić information content (AvgIpc) is 3.27. The summed E-state index contributed by atoms with van der Waals surface area (Å²) >= 11 is 1.65.